The number of benzene rings is 1. The number of hydrogen-bond acceptors (Lipinski definition) is 5. The molecule has 0 aliphatic carbocycles. The Balaban J connectivity index is 2.14. The number of fused-ring (bicyclic) bond motifs is 2. The Morgan fingerprint density at radius 3 is 2.74 bits per heavy atom. The SMILES string of the molecule is CCC(C(=O)O)n1nnc2cc3c(cc21)OCCO3. The van der Waals surface area contributed by atoms with E-state index in [1.807, 2.05) is 0 Å². The molecular weight excluding hydrogens is 250 g/mol. The number of aromatic nitrogens is 3. The van der Waals surface area contributed by atoms with Gasteiger partial charge in [0.15, 0.2) is 17.5 Å². The van der Waals surface area contributed by atoms with E-state index >= 15 is 0 Å². The van der Waals surface area contributed by atoms with Crippen LogP contribution < -0.4 is 9.47 Å². The number of carboxylic acids is 1. The maximum atomic E-state index is 11.2. The normalized spacial score (nSPS) is 15.4. The predicted octanol–water partition coefficient (Wildman–Crippen LogP) is 1.24. The van der Waals surface area contributed by atoms with Crippen molar-refractivity contribution in [3.05, 3.63) is 12.1 Å². The first-order valence-electron chi connectivity index (χ1n) is 6.08. The Kier molecular flexibility index (Phi) is 2.73. The summed E-state index contributed by atoms with van der Waals surface area (Å²) in [7, 11) is 0. The van der Waals surface area contributed by atoms with E-state index in [9.17, 15) is 9.90 Å². The zero-order chi connectivity index (χ0) is 13.4. The van der Waals surface area contributed by atoms with Crippen LogP contribution >= 0.6 is 0 Å². The van der Waals surface area contributed by atoms with E-state index in [2.05, 4.69) is 10.3 Å². The van der Waals surface area contributed by atoms with Crippen molar-refractivity contribution in [3.63, 3.8) is 0 Å². The predicted molar refractivity (Wildman–Crippen MR) is 65.5 cm³/mol. The fraction of sp³-hybridized carbons (Fsp3) is 0.417. The largest absolute Gasteiger partial charge is 0.486 e. The van der Waals surface area contributed by atoms with Crippen molar-refractivity contribution in [2.75, 3.05) is 13.2 Å². The van der Waals surface area contributed by atoms with Crippen LogP contribution in [0.4, 0.5) is 0 Å². The third-order valence-electron chi connectivity index (χ3n) is 3.10. The van der Waals surface area contributed by atoms with Crippen molar-refractivity contribution in [3.8, 4) is 11.5 Å². The van der Waals surface area contributed by atoms with Crippen molar-refractivity contribution in [1.82, 2.24) is 15.0 Å². The first-order valence-corrected chi connectivity index (χ1v) is 6.08. The first-order chi connectivity index (χ1) is 9.20. The van der Waals surface area contributed by atoms with Gasteiger partial charge in [0, 0.05) is 12.1 Å². The van der Waals surface area contributed by atoms with E-state index < -0.39 is 12.0 Å². The molecule has 1 unspecified atom stereocenters. The van der Waals surface area contributed by atoms with Crippen molar-refractivity contribution in [1.29, 1.82) is 0 Å². The lowest BCUT2D eigenvalue weighted by atomic mass is 10.2. The highest BCUT2D eigenvalue weighted by Crippen LogP contribution is 2.34. The fourth-order valence-electron chi connectivity index (χ4n) is 2.16. The Hall–Kier alpha value is -2.31. The zero-order valence-electron chi connectivity index (χ0n) is 10.4. The zero-order valence-corrected chi connectivity index (χ0v) is 10.4. The molecule has 0 bridgehead atoms. The summed E-state index contributed by atoms with van der Waals surface area (Å²) >= 11 is 0. The number of nitrogens with zero attached hydrogens (tertiary/aromatic N) is 3. The van der Waals surface area contributed by atoms with Crippen LogP contribution in [0.5, 0.6) is 11.5 Å². The quantitative estimate of drug-likeness (QED) is 0.896. The molecule has 1 aromatic carbocycles. The molecule has 7 heteroatoms. The summed E-state index contributed by atoms with van der Waals surface area (Å²) in [6.07, 6.45) is 0.433. The third-order valence-corrected chi connectivity index (χ3v) is 3.10. The van der Waals surface area contributed by atoms with Gasteiger partial charge in [-0.2, -0.15) is 0 Å². The highest BCUT2D eigenvalue weighted by atomic mass is 16.6. The van der Waals surface area contributed by atoms with E-state index in [4.69, 9.17) is 9.47 Å². The minimum Gasteiger partial charge on any atom is -0.486 e. The fourth-order valence-corrected chi connectivity index (χ4v) is 2.16. The Bertz CT molecular complexity index is 637. The second-order valence-electron chi connectivity index (χ2n) is 4.28. The smallest absolute Gasteiger partial charge is 0.328 e. The summed E-state index contributed by atoms with van der Waals surface area (Å²) in [6, 6.07) is 2.73. The minimum atomic E-state index is -0.927. The van der Waals surface area contributed by atoms with Gasteiger partial charge in [-0.25, -0.2) is 9.48 Å². The topological polar surface area (TPSA) is 86.5 Å². The molecule has 0 amide bonds. The van der Waals surface area contributed by atoms with Gasteiger partial charge in [-0.15, -0.1) is 5.10 Å². The molecule has 1 N–H and O–H groups in total. The molecule has 1 atom stereocenters. The lowest BCUT2D eigenvalue weighted by Crippen LogP contribution is -2.19. The van der Waals surface area contributed by atoms with Crippen molar-refractivity contribution in [2.45, 2.75) is 19.4 Å². The molecule has 0 saturated heterocycles. The van der Waals surface area contributed by atoms with Crippen LogP contribution in [0, 0.1) is 0 Å². The van der Waals surface area contributed by atoms with Crippen LogP contribution in [0.1, 0.15) is 19.4 Å². The Labute approximate surface area is 108 Å². The number of carbonyl (C=O) groups is 1. The second-order valence-corrected chi connectivity index (χ2v) is 4.28. The van der Waals surface area contributed by atoms with Crippen LogP contribution in [0.2, 0.25) is 0 Å². The third kappa shape index (κ3) is 1.87. The van der Waals surface area contributed by atoms with Crippen LogP contribution in [-0.4, -0.2) is 39.3 Å². The molecule has 0 fully saturated rings. The van der Waals surface area contributed by atoms with Gasteiger partial charge in [0.2, 0.25) is 0 Å². The molecule has 3 rings (SSSR count). The van der Waals surface area contributed by atoms with Crippen molar-refractivity contribution in [2.24, 2.45) is 0 Å². The number of aliphatic carboxylic acids is 1. The number of carboxylic acid groups (broad SMARTS) is 1. The monoisotopic (exact) mass is 263 g/mol. The highest BCUT2D eigenvalue weighted by Gasteiger charge is 2.23. The molecule has 100 valence electrons. The van der Waals surface area contributed by atoms with Crippen molar-refractivity contribution >= 4 is 17.0 Å². The maximum absolute atomic E-state index is 11.2. The lowest BCUT2D eigenvalue weighted by molar-refractivity contribution is -0.141. The summed E-state index contributed by atoms with van der Waals surface area (Å²) in [5.74, 6) is 0.293. The van der Waals surface area contributed by atoms with Gasteiger partial charge in [-0.1, -0.05) is 12.1 Å². The van der Waals surface area contributed by atoms with Gasteiger partial charge in [-0.3, -0.25) is 0 Å². The average Bonchev–Trinajstić information content (AvgIpc) is 2.80. The molecule has 19 heavy (non-hydrogen) atoms. The van der Waals surface area contributed by atoms with Crippen LogP contribution in [0.25, 0.3) is 11.0 Å². The van der Waals surface area contributed by atoms with E-state index in [-0.39, 0.29) is 0 Å². The summed E-state index contributed by atoms with van der Waals surface area (Å²) in [5.41, 5.74) is 1.24. The standard InChI is InChI=1S/C12H13N3O4/c1-2-8(12(16)17)15-9-6-11-10(18-3-4-19-11)5-7(9)13-14-15/h5-6,8H,2-4H2,1H3,(H,16,17). The van der Waals surface area contributed by atoms with Gasteiger partial charge in [0.25, 0.3) is 0 Å². The van der Waals surface area contributed by atoms with Crippen LogP contribution in [-0.2, 0) is 4.79 Å². The van der Waals surface area contributed by atoms with E-state index in [0.717, 1.165) is 0 Å². The molecule has 2 heterocycles. The molecule has 0 saturated carbocycles. The maximum Gasteiger partial charge on any atom is 0.328 e. The van der Waals surface area contributed by atoms with Crippen LogP contribution in [0.15, 0.2) is 12.1 Å². The van der Waals surface area contributed by atoms with E-state index in [1.54, 1.807) is 19.1 Å². The lowest BCUT2D eigenvalue weighted by Gasteiger charge is -2.18. The van der Waals surface area contributed by atoms with E-state index in [1.165, 1.54) is 4.68 Å². The Morgan fingerprint density at radius 2 is 2.11 bits per heavy atom. The minimum absolute atomic E-state index is 0.433. The molecule has 0 spiro atoms. The number of ether oxygens (including phenoxy) is 2. The van der Waals surface area contributed by atoms with Crippen molar-refractivity contribution < 1.29 is 19.4 Å². The molecule has 2 aromatic rings. The molecular formula is C12H13N3O4. The summed E-state index contributed by atoms with van der Waals surface area (Å²) in [4.78, 5) is 11.2. The first kappa shape index (κ1) is 11.8. The molecule has 0 radical (unpaired) electrons. The molecule has 1 aliphatic rings. The summed E-state index contributed by atoms with van der Waals surface area (Å²) < 4.78 is 12.4. The van der Waals surface area contributed by atoms with Gasteiger partial charge >= 0.3 is 5.97 Å². The summed E-state index contributed by atoms with van der Waals surface area (Å²) in [6.45, 7) is 2.78. The van der Waals surface area contributed by atoms with Gasteiger partial charge in [0.1, 0.15) is 18.7 Å². The Morgan fingerprint density at radius 1 is 1.42 bits per heavy atom. The second kappa shape index (κ2) is 4.42. The number of hydrogen-bond donors (Lipinski definition) is 1. The average molecular weight is 263 g/mol. The summed E-state index contributed by atoms with van der Waals surface area (Å²) in [5, 5.41) is 17.1. The molecule has 1 aromatic heterocycles. The molecule has 7 nitrogen and oxygen atoms in total. The van der Waals surface area contributed by atoms with Gasteiger partial charge < -0.3 is 14.6 Å². The highest BCUT2D eigenvalue weighted by molar-refractivity contribution is 5.82. The van der Waals surface area contributed by atoms with Crippen LogP contribution in [0.3, 0.4) is 0 Å². The van der Waals surface area contributed by atoms with Gasteiger partial charge in [0.05, 0.1) is 5.52 Å². The number of rotatable bonds is 3. The van der Waals surface area contributed by atoms with E-state index in [0.29, 0.717) is 42.2 Å². The molecule has 1 aliphatic heterocycles. The van der Waals surface area contributed by atoms with Gasteiger partial charge in [-0.05, 0) is 6.42 Å².